The molecule has 0 spiro atoms. The molecule has 2 fully saturated rings. The quantitative estimate of drug-likeness (QED) is 0.611. The molecule has 2 heterocycles. The van der Waals surface area contributed by atoms with Gasteiger partial charge in [-0.25, -0.2) is 0 Å². The van der Waals surface area contributed by atoms with Crippen molar-refractivity contribution in [1.29, 1.82) is 0 Å². The Morgan fingerprint density at radius 3 is 2.53 bits per heavy atom. The summed E-state index contributed by atoms with van der Waals surface area (Å²) in [5.74, 6) is -0.0699. The van der Waals surface area contributed by atoms with E-state index in [9.17, 15) is 18.0 Å². The maximum absolute atomic E-state index is 12.6. The summed E-state index contributed by atoms with van der Waals surface area (Å²) in [6.45, 7) is 6.57. The number of hydrogen-bond donors (Lipinski definition) is 0. The average molecular weight is 427 g/mol. The highest BCUT2D eigenvalue weighted by molar-refractivity contribution is 5.76. The minimum Gasteiger partial charge on any atom is -0.376 e. The summed E-state index contributed by atoms with van der Waals surface area (Å²) >= 11 is 0. The minimum absolute atomic E-state index is 0.0408. The molecule has 7 heteroatoms. The molecule has 1 aromatic carbocycles. The van der Waals surface area contributed by atoms with Crippen molar-refractivity contribution in [1.82, 2.24) is 9.80 Å². The molecule has 2 saturated heterocycles. The zero-order chi connectivity index (χ0) is 21.6. The first-order valence-corrected chi connectivity index (χ1v) is 11.0. The van der Waals surface area contributed by atoms with Gasteiger partial charge in [0.25, 0.3) is 0 Å². The van der Waals surface area contributed by atoms with Crippen LogP contribution < -0.4 is 0 Å². The van der Waals surface area contributed by atoms with Gasteiger partial charge in [-0.15, -0.1) is 0 Å². The number of carbonyl (C=O) groups excluding carboxylic acids is 1. The zero-order valence-corrected chi connectivity index (χ0v) is 17.8. The molecule has 0 aromatic heterocycles. The van der Waals surface area contributed by atoms with Crippen molar-refractivity contribution in [3.8, 4) is 0 Å². The fourth-order valence-corrected chi connectivity index (χ4v) is 4.39. The standard InChI is InChI=1S/C23H33F3N2O2/c1-18-5-2-3-6-20(18)16-27-12-9-19(10-13-27)15-28(17-21-7-4-14-30-21)22(29)8-11-23(24,25)26/h2-3,5-6,19,21H,4,7-17H2,1H3. The number of benzene rings is 1. The fraction of sp³-hybridized carbons (Fsp3) is 0.696. The van der Waals surface area contributed by atoms with Crippen LogP contribution in [-0.4, -0.2) is 60.8 Å². The Bertz CT molecular complexity index is 681. The Hall–Kier alpha value is -1.60. The van der Waals surface area contributed by atoms with Crippen LogP contribution in [0.5, 0.6) is 0 Å². The van der Waals surface area contributed by atoms with E-state index in [4.69, 9.17) is 4.74 Å². The van der Waals surface area contributed by atoms with Gasteiger partial charge in [-0.2, -0.15) is 13.2 Å². The maximum Gasteiger partial charge on any atom is 0.389 e. The van der Waals surface area contributed by atoms with Gasteiger partial charge in [0.15, 0.2) is 0 Å². The number of likely N-dealkylation sites (tertiary alicyclic amines) is 1. The maximum atomic E-state index is 12.6. The van der Waals surface area contributed by atoms with Crippen molar-refractivity contribution >= 4 is 5.91 Å². The van der Waals surface area contributed by atoms with Gasteiger partial charge in [0.1, 0.15) is 0 Å². The van der Waals surface area contributed by atoms with E-state index >= 15 is 0 Å². The van der Waals surface area contributed by atoms with E-state index in [-0.39, 0.29) is 6.10 Å². The Labute approximate surface area is 177 Å². The van der Waals surface area contributed by atoms with Crippen molar-refractivity contribution in [2.45, 2.75) is 64.3 Å². The summed E-state index contributed by atoms with van der Waals surface area (Å²) in [5, 5.41) is 0. The predicted molar refractivity (Wildman–Crippen MR) is 110 cm³/mol. The van der Waals surface area contributed by atoms with Gasteiger partial charge in [0, 0.05) is 32.7 Å². The van der Waals surface area contributed by atoms with Crippen LogP contribution >= 0.6 is 0 Å². The number of rotatable bonds is 8. The lowest BCUT2D eigenvalue weighted by atomic mass is 9.95. The Kier molecular flexibility index (Phi) is 8.17. The van der Waals surface area contributed by atoms with Gasteiger partial charge in [0.05, 0.1) is 12.5 Å². The third-order valence-electron chi connectivity index (χ3n) is 6.26. The summed E-state index contributed by atoms with van der Waals surface area (Å²) in [7, 11) is 0. The van der Waals surface area contributed by atoms with E-state index in [0.717, 1.165) is 45.3 Å². The molecule has 1 aromatic rings. The molecule has 0 radical (unpaired) electrons. The highest BCUT2D eigenvalue weighted by atomic mass is 19.4. The second-order valence-corrected chi connectivity index (χ2v) is 8.69. The Balaban J connectivity index is 1.51. The van der Waals surface area contributed by atoms with Gasteiger partial charge in [0.2, 0.25) is 5.91 Å². The number of hydrogen-bond acceptors (Lipinski definition) is 3. The molecule has 168 valence electrons. The number of nitrogens with zero attached hydrogens (tertiary/aromatic N) is 2. The first kappa shape index (κ1) is 23.1. The fourth-order valence-electron chi connectivity index (χ4n) is 4.39. The lowest BCUT2D eigenvalue weighted by Crippen LogP contribution is -2.43. The minimum atomic E-state index is -4.30. The molecule has 1 amide bonds. The molecule has 1 atom stereocenters. The average Bonchev–Trinajstić information content (AvgIpc) is 3.21. The van der Waals surface area contributed by atoms with Crippen LogP contribution in [0.1, 0.15) is 49.7 Å². The monoisotopic (exact) mass is 426 g/mol. The van der Waals surface area contributed by atoms with E-state index in [1.165, 1.54) is 11.1 Å². The third-order valence-corrected chi connectivity index (χ3v) is 6.26. The van der Waals surface area contributed by atoms with Crippen LogP contribution in [0.3, 0.4) is 0 Å². The normalized spacial score (nSPS) is 21.1. The number of piperidine rings is 1. The third kappa shape index (κ3) is 7.27. The number of halogens is 3. The first-order chi connectivity index (χ1) is 14.3. The van der Waals surface area contributed by atoms with E-state index < -0.39 is 24.9 Å². The van der Waals surface area contributed by atoms with Gasteiger partial charge in [-0.05, 0) is 62.7 Å². The van der Waals surface area contributed by atoms with Crippen molar-refractivity contribution in [3.05, 3.63) is 35.4 Å². The highest BCUT2D eigenvalue weighted by Gasteiger charge is 2.31. The smallest absolute Gasteiger partial charge is 0.376 e. The van der Waals surface area contributed by atoms with Crippen molar-refractivity contribution in [2.24, 2.45) is 5.92 Å². The van der Waals surface area contributed by atoms with E-state index in [1.807, 2.05) is 6.07 Å². The van der Waals surface area contributed by atoms with Gasteiger partial charge < -0.3 is 9.64 Å². The predicted octanol–water partition coefficient (Wildman–Crippen LogP) is 4.56. The molecule has 0 N–H and O–H groups in total. The molecule has 4 nitrogen and oxygen atoms in total. The number of alkyl halides is 3. The molecule has 0 aliphatic carbocycles. The Morgan fingerprint density at radius 1 is 1.17 bits per heavy atom. The topological polar surface area (TPSA) is 32.8 Å². The summed E-state index contributed by atoms with van der Waals surface area (Å²) in [6.07, 6.45) is -2.12. The number of ether oxygens (including phenoxy) is 1. The van der Waals surface area contributed by atoms with Crippen LogP contribution in [0.2, 0.25) is 0 Å². The van der Waals surface area contributed by atoms with Crippen LogP contribution in [0, 0.1) is 12.8 Å². The van der Waals surface area contributed by atoms with E-state index in [1.54, 1.807) is 4.90 Å². The summed E-state index contributed by atoms with van der Waals surface area (Å²) in [5.41, 5.74) is 2.62. The SMILES string of the molecule is Cc1ccccc1CN1CCC(CN(CC2CCCO2)C(=O)CCC(F)(F)F)CC1. The van der Waals surface area contributed by atoms with Gasteiger partial charge in [-0.3, -0.25) is 9.69 Å². The van der Waals surface area contributed by atoms with Crippen LogP contribution in [0.4, 0.5) is 13.2 Å². The molecular formula is C23H33F3N2O2. The van der Waals surface area contributed by atoms with E-state index in [2.05, 4.69) is 30.0 Å². The molecule has 0 saturated carbocycles. The lowest BCUT2D eigenvalue weighted by molar-refractivity contribution is -0.150. The summed E-state index contributed by atoms with van der Waals surface area (Å²) in [6, 6.07) is 8.38. The van der Waals surface area contributed by atoms with Gasteiger partial charge >= 0.3 is 6.18 Å². The molecular weight excluding hydrogens is 393 g/mol. The molecule has 2 aliphatic rings. The highest BCUT2D eigenvalue weighted by Crippen LogP contribution is 2.25. The van der Waals surface area contributed by atoms with Crippen molar-refractivity contribution in [2.75, 3.05) is 32.8 Å². The number of carbonyl (C=O) groups is 1. The zero-order valence-electron chi connectivity index (χ0n) is 17.8. The van der Waals surface area contributed by atoms with Gasteiger partial charge in [-0.1, -0.05) is 24.3 Å². The lowest BCUT2D eigenvalue weighted by Gasteiger charge is -2.36. The van der Waals surface area contributed by atoms with Crippen LogP contribution in [-0.2, 0) is 16.1 Å². The van der Waals surface area contributed by atoms with Crippen molar-refractivity contribution < 1.29 is 22.7 Å². The Morgan fingerprint density at radius 2 is 1.90 bits per heavy atom. The van der Waals surface area contributed by atoms with Crippen molar-refractivity contribution in [3.63, 3.8) is 0 Å². The number of aryl methyl sites for hydroxylation is 1. The summed E-state index contributed by atoms with van der Waals surface area (Å²) in [4.78, 5) is 16.6. The summed E-state index contributed by atoms with van der Waals surface area (Å²) < 4.78 is 43.4. The van der Waals surface area contributed by atoms with Crippen LogP contribution in [0.25, 0.3) is 0 Å². The molecule has 0 bridgehead atoms. The van der Waals surface area contributed by atoms with E-state index in [0.29, 0.717) is 25.6 Å². The second kappa shape index (κ2) is 10.6. The molecule has 30 heavy (non-hydrogen) atoms. The first-order valence-electron chi connectivity index (χ1n) is 11.0. The van der Waals surface area contributed by atoms with Crippen LogP contribution in [0.15, 0.2) is 24.3 Å². The second-order valence-electron chi connectivity index (χ2n) is 8.69. The molecule has 3 rings (SSSR count). The molecule has 2 aliphatic heterocycles. The largest absolute Gasteiger partial charge is 0.389 e. The number of amides is 1. The molecule has 1 unspecified atom stereocenters.